The molecule has 0 spiro atoms. The number of carbonyl (C=O) groups is 1. The van der Waals surface area contributed by atoms with Crippen LogP contribution < -0.4 is 9.47 Å². The molecule has 3 rings (SSSR count). The molecular formula is C22H26N2O6. The standard InChI is InChI=1S/C22H26N2O6/c1-29-18-11-16(12-19(14-18)30-2)4-3-15-7-9-23(10-8-15)22(26)17-5-6-20(24(27)28)21(25)13-17/h5-6,11-15,25H,3-4,7-10H2,1-2H3. The second-order valence-electron chi connectivity index (χ2n) is 7.46. The third-order valence-electron chi connectivity index (χ3n) is 5.57. The molecule has 160 valence electrons. The maximum Gasteiger partial charge on any atom is 0.310 e. The van der Waals surface area contributed by atoms with Gasteiger partial charge in [0.25, 0.3) is 5.91 Å². The molecule has 8 heteroatoms. The van der Waals surface area contributed by atoms with Crippen LogP contribution >= 0.6 is 0 Å². The molecule has 0 radical (unpaired) electrons. The topological polar surface area (TPSA) is 102 Å². The minimum Gasteiger partial charge on any atom is -0.502 e. The fourth-order valence-corrected chi connectivity index (χ4v) is 3.80. The van der Waals surface area contributed by atoms with Crippen LogP contribution in [0.4, 0.5) is 5.69 Å². The second kappa shape index (κ2) is 9.47. The van der Waals surface area contributed by atoms with Crippen LogP contribution in [-0.2, 0) is 6.42 Å². The van der Waals surface area contributed by atoms with Crippen molar-refractivity contribution in [1.82, 2.24) is 4.90 Å². The largest absolute Gasteiger partial charge is 0.502 e. The van der Waals surface area contributed by atoms with Crippen molar-refractivity contribution >= 4 is 11.6 Å². The smallest absolute Gasteiger partial charge is 0.310 e. The third kappa shape index (κ3) is 5.00. The van der Waals surface area contributed by atoms with Crippen LogP contribution in [0.2, 0.25) is 0 Å². The number of phenols is 1. The SMILES string of the molecule is COc1cc(CCC2CCN(C(=O)c3ccc([N+](=O)[O-])c(O)c3)CC2)cc(OC)c1. The number of benzene rings is 2. The summed E-state index contributed by atoms with van der Waals surface area (Å²) in [6.07, 6.45) is 3.71. The molecule has 1 saturated heterocycles. The van der Waals surface area contributed by atoms with E-state index in [9.17, 15) is 20.0 Å². The van der Waals surface area contributed by atoms with E-state index in [0.717, 1.165) is 48.8 Å². The number of rotatable bonds is 7. The molecule has 0 saturated carbocycles. The number of phenolic OH excluding ortho intramolecular Hbond substituents is 1. The highest BCUT2D eigenvalue weighted by Crippen LogP contribution is 2.29. The van der Waals surface area contributed by atoms with Gasteiger partial charge < -0.3 is 19.5 Å². The van der Waals surface area contributed by atoms with Crippen molar-refractivity contribution < 1.29 is 24.3 Å². The molecular weight excluding hydrogens is 388 g/mol. The number of amides is 1. The minimum atomic E-state index is -0.674. The summed E-state index contributed by atoms with van der Waals surface area (Å²) in [5.74, 6) is 1.36. The highest BCUT2D eigenvalue weighted by molar-refractivity contribution is 5.95. The first-order chi connectivity index (χ1) is 14.4. The van der Waals surface area contributed by atoms with Crippen LogP contribution in [0.1, 0.15) is 35.2 Å². The number of likely N-dealkylation sites (tertiary alicyclic amines) is 1. The van der Waals surface area contributed by atoms with Crippen molar-refractivity contribution in [3.8, 4) is 17.2 Å². The first-order valence-corrected chi connectivity index (χ1v) is 9.90. The molecule has 0 bridgehead atoms. The summed E-state index contributed by atoms with van der Waals surface area (Å²) in [5.41, 5.74) is 1.02. The molecule has 1 heterocycles. The summed E-state index contributed by atoms with van der Waals surface area (Å²) in [6.45, 7) is 1.26. The Bertz CT molecular complexity index is 900. The van der Waals surface area contributed by atoms with Gasteiger partial charge in [-0.1, -0.05) is 0 Å². The molecule has 1 N–H and O–H groups in total. The summed E-state index contributed by atoms with van der Waals surface area (Å²) in [6, 6.07) is 9.61. The number of methoxy groups -OCH3 is 2. The fraction of sp³-hybridized carbons (Fsp3) is 0.409. The molecule has 30 heavy (non-hydrogen) atoms. The molecule has 1 fully saturated rings. The van der Waals surface area contributed by atoms with Crippen LogP contribution in [0.25, 0.3) is 0 Å². The Morgan fingerprint density at radius 1 is 1.13 bits per heavy atom. The fourth-order valence-electron chi connectivity index (χ4n) is 3.80. The molecule has 2 aromatic carbocycles. The molecule has 8 nitrogen and oxygen atoms in total. The number of carbonyl (C=O) groups excluding carboxylic acids is 1. The van der Waals surface area contributed by atoms with Gasteiger partial charge in [-0.25, -0.2) is 0 Å². The highest BCUT2D eigenvalue weighted by atomic mass is 16.6. The van der Waals surface area contributed by atoms with Gasteiger partial charge in [0.05, 0.1) is 19.1 Å². The highest BCUT2D eigenvalue weighted by Gasteiger charge is 2.25. The number of piperidine rings is 1. The summed E-state index contributed by atoms with van der Waals surface area (Å²) in [5, 5.41) is 20.6. The molecule has 1 aliphatic rings. The van der Waals surface area contributed by atoms with Crippen molar-refractivity contribution in [2.24, 2.45) is 5.92 Å². The number of aromatic hydroxyl groups is 1. The van der Waals surface area contributed by atoms with Crippen LogP contribution in [0.15, 0.2) is 36.4 Å². The Morgan fingerprint density at radius 3 is 2.30 bits per heavy atom. The quantitative estimate of drug-likeness (QED) is 0.546. The van der Waals surface area contributed by atoms with Crippen LogP contribution in [-0.4, -0.2) is 48.1 Å². The molecule has 0 aliphatic carbocycles. The van der Waals surface area contributed by atoms with Gasteiger partial charge in [0.2, 0.25) is 0 Å². The van der Waals surface area contributed by atoms with E-state index in [1.807, 2.05) is 18.2 Å². The van der Waals surface area contributed by atoms with E-state index in [4.69, 9.17) is 9.47 Å². The van der Waals surface area contributed by atoms with Crippen molar-refractivity contribution in [2.75, 3.05) is 27.3 Å². The first kappa shape index (κ1) is 21.4. The van der Waals surface area contributed by atoms with E-state index in [1.165, 1.54) is 12.1 Å². The van der Waals surface area contributed by atoms with Gasteiger partial charge in [0.1, 0.15) is 11.5 Å². The monoisotopic (exact) mass is 414 g/mol. The van der Waals surface area contributed by atoms with E-state index in [-0.39, 0.29) is 11.5 Å². The van der Waals surface area contributed by atoms with Crippen molar-refractivity contribution in [3.05, 3.63) is 57.6 Å². The zero-order valence-electron chi connectivity index (χ0n) is 17.2. The Morgan fingerprint density at radius 2 is 1.77 bits per heavy atom. The van der Waals surface area contributed by atoms with E-state index in [1.54, 1.807) is 19.1 Å². The average molecular weight is 414 g/mol. The van der Waals surface area contributed by atoms with Gasteiger partial charge in [0.15, 0.2) is 5.75 Å². The number of hydrogen-bond donors (Lipinski definition) is 1. The van der Waals surface area contributed by atoms with E-state index in [0.29, 0.717) is 19.0 Å². The lowest BCUT2D eigenvalue weighted by Crippen LogP contribution is -2.38. The number of nitro benzene ring substituents is 1. The Labute approximate surface area is 175 Å². The van der Waals surface area contributed by atoms with Gasteiger partial charge in [-0.15, -0.1) is 0 Å². The van der Waals surface area contributed by atoms with Gasteiger partial charge in [-0.05, 0) is 61.4 Å². The lowest BCUT2D eigenvalue weighted by atomic mass is 9.90. The predicted molar refractivity (Wildman–Crippen MR) is 111 cm³/mol. The van der Waals surface area contributed by atoms with Gasteiger partial charge in [0, 0.05) is 30.8 Å². The van der Waals surface area contributed by atoms with Crippen molar-refractivity contribution in [2.45, 2.75) is 25.7 Å². The lowest BCUT2D eigenvalue weighted by Gasteiger charge is -2.32. The van der Waals surface area contributed by atoms with Crippen molar-refractivity contribution in [1.29, 1.82) is 0 Å². The number of nitrogens with zero attached hydrogens (tertiary/aromatic N) is 2. The molecule has 0 atom stereocenters. The molecule has 1 amide bonds. The second-order valence-corrected chi connectivity index (χ2v) is 7.46. The predicted octanol–water partition coefficient (Wildman–Crippen LogP) is 3.80. The van der Waals surface area contributed by atoms with Gasteiger partial charge >= 0.3 is 5.69 Å². The van der Waals surface area contributed by atoms with E-state index in [2.05, 4.69) is 0 Å². The maximum atomic E-state index is 12.7. The summed E-state index contributed by atoms with van der Waals surface area (Å²) >= 11 is 0. The molecule has 2 aromatic rings. The Hall–Kier alpha value is -3.29. The zero-order valence-corrected chi connectivity index (χ0v) is 17.2. The lowest BCUT2D eigenvalue weighted by molar-refractivity contribution is -0.385. The van der Waals surface area contributed by atoms with Crippen LogP contribution in [0, 0.1) is 16.0 Å². The summed E-state index contributed by atoms with van der Waals surface area (Å²) in [4.78, 5) is 24.6. The van der Waals surface area contributed by atoms with Crippen LogP contribution in [0.3, 0.4) is 0 Å². The number of aryl methyl sites for hydroxylation is 1. The maximum absolute atomic E-state index is 12.7. The first-order valence-electron chi connectivity index (χ1n) is 9.90. The molecule has 0 unspecified atom stereocenters. The van der Waals surface area contributed by atoms with Crippen LogP contribution in [0.5, 0.6) is 17.2 Å². The normalized spacial score (nSPS) is 14.4. The number of nitro groups is 1. The van der Waals surface area contributed by atoms with Gasteiger partial charge in [-0.3, -0.25) is 14.9 Å². The molecule has 0 aromatic heterocycles. The zero-order chi connectivity index (χ0) is 21.7. The van der Waals surface area contributed by atoms with Gasteiger partial charge in [-0.2, -0.15) is 0 Å². The average Bonchev–Trinajstić information content (AvgIpc) is 2.76. The Balaban J connectivity index is 1.54. The number of ether oxygens (including phenoxy) is 2. The van der Waals surface area contributed by atoms with E-state index >= 15 is 0 Å². The molecule has 1 aliphatic heterocycles. The van der Waals surface area contributed by atoms with E-state index < -0.39 is 16.4 Å². The third-order valence-corrected chi connectivity index (χ3v) is 5.57. The Kier molecular flexibility index (Phi) is 6.76. The summed E-state index contributed by atoms with van der Waals surface area (Å²) < 4.78 is 10.6. The number of hydrogen-bond acceptors (Lipinski definition) is 6. The van der Waals surface area contributed by atoms with Crippen molar-refractivity contribution in [3.63, 3.8) is 0 Å². The summed E-state index contributed by atoms with van der Waals surface area (Å²) in [7, 11) is 3.27. The minimum absolute atomic E-state index is 0.212.